The first-order valence-electron chi connectivity index (χ1n) is 8.95. The SMILES string of the molecule is COC(=O)[C@@H]1CSC([C@@H](Cc2ccccc2)NC(=O)OCc2ccccc2)=N1. The molecule has 0 spiro atoms. The van der Waals surface area contributed by atoms with E-state index in [2.05, 4.69) is 10.3 Å². The summed E-state index contributed by atoms with van der Waals surface area (Å²) in [5.41, 5.74) is 1.97. The second-order valence-corrected chi connectivity index (χ2v) is 7.31. The highest BCUT2D eigenvalue weighted by Crippen LogP contribution is 2.23. The molecule has 0 saturated heterocycles. The van der Waals surface area contributed by atoms with Crippen molar-refractivity contribution in [2.24, 2.45) is 4.99 Å². The molecule has 0 bridgehead atoms. The van der Waals surface area contributed by atoms with E-state index in [1.54, 1.807) is 0 Å². The number of thioether (sulfide) groups is 1. The summed E-state index contributed by atoms with van der Waals surface area (Å²) >= 11 is 1.46. The first kappa shape index (κ1) is 19.9. The molecule has 0 aromatic heterocycles. The van der Waals surface area contributed by atoms with E-state index in [0.717, 1.165) is 11.1 Å². The van der Waals surface area contributed by atoms with Crippen molar-refractivity contribution < 1.29 is 19.1 Å². The summed E-state index contributed by atoms with van der Waals surface area (Å²) in [6, 6.07) is 18.4. The van der Waals surface area contributed by atoms with Gasteiger partial charge in [0.25, 0.3) is 0 Å². The molecule has 2 atom stereocenters. The Bertz CT molecular complexity index is 827. The minimum atomic E-state index is -0.537. The number of amides is 1. The summed E-state index contributed by atoms with van der Waals surface area (Å²) < 4.78 is 10.1. The van der Waals surface area contributed by atoms with Crippen molar-refractivity contribution in [2.45, 2.75) is 25.1 Å². The Labute approximate surface area is 168 Å². The third kappa shape index (κ3) is 5.60. The van der Waals surface area contributed by atoms with E-state index in [4.69, 9.17) is 9.47 Å². The van der Waals surface area contributed by atoms with Crippen molar-refractivity contribution in [1.29, 1.82) is 0 Å². The fraction of sp³-hybridized carbons (Fsp3) is 0.286. The van der Waals surface area contributed by atoms with Gasteiger partial charge in [-0.25, -0.2) is 9.59 Å². The molecule has 1 amide bonds. The maximum Gasteiger partial charge on any atom is 0.408 e. The number of carbonyl (C=O) groups is 2. The number of benzene rings is 2. The van der Waals surface area contributed by atoms with Crippen molar-refractivity contribution in [1.82, 2.24) is 5.32 Å². The monoisotopic (exact) mass is 398 g/mol. The quantitative estimate of drug-likeness (QED) is 0.725. The minimum absolute atomic E-state index is 0.190. The van der Waals surface area contributed by atoms with Crippen molar-refractivity contribution >= 4 is 28.9 Å². The molecular formula is C21H22N2O4S. The minimum Gasteiger partial charge on any atom is -0.467 e. The van der Waals surface area contributed by atoms with Gasteiger partial charge < -0.3 is 14.8 Å². The lowest BCUT2D eigenvalue weighted by Gasteiger charge is -2.18. The summed E-state index contributed by atoms with van der Waals surface area (Å²) in [7, 11) is 1.35. The lowest BCUT2D eigenvalue weighted by Crippen LogP contribution is -2.41. The number of rotatable bonds is 7. The fourth-order valence-corrected chi connectivity index (χ4v) is 3.88. The Hall–Kier alpha value is -2.80. The normalized spacial score (nSPS) is 16.8. The molecule has 2 aromatic carbocycles. The number of nitrogens with one attached hydrogen (secondary N) is 1. The van der Waals surface area contributed by atoms with Crippen LogP contribution in [0.2, 0.25) is 0 Å². The molecule has 1 aliphatic rings. The van der Waals surface area contributed by atoms with Gasteiger partial charge >= 0.3 is 12.1 Å². The summed E-state index contributed by atoms with van der Waals surface area (Å²) in [6.45, 7) is 0.190. The molecule has 2 aromatic rings. The Morgan fingerprint density at radius 2 is 1.75 bits per heavy atom. The number of hydrogen-bond acceptors (Lipinski definition) is 6. The van der Waals surface area contributed by atoms with Gasteiger partial charge in [-0.15, -0.1) is 11.8 Å². The molecule has 28 heavy (non-hydrogen) atoms. The number of ether oxygens (including phenoxy) is 2. The molecule has 1 N–H and O–H groups in total. The first-order chi connectivity index (χ1) is 13.7. The summed E-state index contributed by atoms with van der Waals surface area (Å²) in [5.74, 6) is 0.140. The van der Waals surface area contributed by atoms with Gasteiger partial charge in [0.15, 0.2) is 6.04 Å². The molecule has 1 heterocycles. The van der Waals surface area contributed by atoms with Crippen molar-refractivity contribution in [3.8, 4) is 0 Å². The topological polar surface area (TPSA) is 77.0 Å². The summed E-state index contributed by atoms with van der Waals surface area (Å²) in [4.78, 5) is 28.6. The lowest BCUT2D eigenvalue weighted by atomic mass is 10.1. The Morgan fingerprint density at radius 1 is 1.11 bits per heavy atom. The molecule has 1 aliphatic heterocycles. The van der Waals surface area contributed by atoms with Crippen LogP contribution in [0.15, 0.2) is 65.7 Å². The van der Waals surface area contributed by atoms with Gasteiger partial charge in [0.2, 0.25) is 0 Å². The molecule has 0 fully saturated rings. The zero-order chi connectivity index (χ0) is 19.8. The van der Waals surface area contributed by atoms with E-state index in [9.17, 15) is 9.59 Å². The maximum atomic E-state index is 12.4. The summed E-state index contributed by atoms with van der Waals surface area (Å²) in [5, 5.41) is 3.59. The van der Waals surface area contributed by atoms with Crippen LogP contribution in [0.3, 0.4) is 0 Å². The van der Waals surface area contributed by atoms with E-state index in [1.807, 2.05) is 60.7 Å². The highest BCUT2D eigenvalue weighted by atomic mass is 32.2. The van der Waals surface area contributed by atoms with E-state index in [1.165, 1.54) is 18.9 Å². The van der Waals surface area contributed by atoms with Crippen LogP contribution in [0.1, 0.15) is 11.1 Å². The van der Waals surface area contributed by atoms with Crippen LogP contribution in [0.5, 0.6) is 0 Å². The van der Waals surface area contributed by atoms with Gasteiger partial charge in [0.1, 0.15) is 6.61 Å². The molecule has 0 unspecified atom stereocenters. The third-order valence-electron chi connectivity index (χ3n) is 4.23. The van der Waals surface area contributed by atoms with Crippen LogP contribution < -0.4 is 5.32 Å². The van der Waals surface area contributed by atoms with Gasteiger partial charge in [-0.1, -0.05) is 60.7 Å². The van der Waals surface area contributed by atoms with E-state index in [-0.39, 0.29) is 18.6 Å². The molecule has 3 rings (SSSR count). The number of esters is 1. The molecule has 7 heteroatoms. The number of aliphatic imine (C=N–C) groups is 1. The second-order valence-electron chi connectivity index (χ2n) is 6.27. The molecular weight excluding hydrogens is 376 g/mol. The largest absolute Gasteiger partial charge is 0.467 e. The zero-order valence-corrected chi connectivity index (χ0v) is 16.4. The van der Waals surface area contributed by atoms with Crippen molar-refractivity contribution in [3.05, 3.63) is 71.8 Å². The van der Waals surface area contributed by atoms with Crippen LogP contribution in [-0.2, 0) is 27.3 Å². The third-order valence-corrected chi connectivity index (χ3v) is 5.40. The van der Waals surface area contributed by atoms with Crippen LogP contribution in [0, 0.1) is 0 Å². The van der Waals surface area contributed by atoms with Gasteiger partial charge in [0, 0.05) is 5.75 Å². The van der Waals surface area contributed by atoms with E-state index < -0.39 is 12.1 Å². The highest BCUT2D eigenvalue weighted by molar-refractivity contribution is 8.14. The van der Waals surface area contributed by atoms with Gasteiger partial charge in [-0.3, -0.25) is 4.99 Å². The molecule has 0 saturated carbocycles. The van der Waals surface area contributed by atoms with Gasteiger partial charge in [-0.2, -0.15) is 0 Å². The molecule has 6 nitrogen and oxygen atoms in total. The molecule has 146 valence electrons. The highest BCUT2D eigenvalue weighted by Gasteiger charge is 2.31. The predicted octanol–water partition coefficient (Wildman–Crippen LogP) is 3.21. The number of nitrogens with zero attached hydrogens (tertiary/aromatic N) is 1. The molecule has 0 radical (unpaired) electrons. The average molecular weight is 398 g/mol. The van der Waals surface area contributed by atoms with Gasteiger partial charge in [-0.05, 0) is 17.5 Å². The molecule has 0 aliphatic carbocycles. The Balaban J connectivity index is 1.67. The predicted molar refractivity (Wildman–Crippen MR) is 109 cm³/mol. The van der Waals surface area contributed by atoms with E-state index in [0.29, 0.717) is 17.2 Å². The second kappa shape index (κ2) is 9.94. The maximum absolute atomic E-state index is 12.4. The Kier molecular flexibility index (Phi) is 7.08. The number of alkyl carbamates (subject to hydrolysis) is 1. The number of carbonyl (C=O) groups excluding carboxylic acids is 2. The van der Waals surface area contributed by atoms with E-state index >= 15 is 0 Å². The average Bonchev–Trinajstić information content (AvgIpc) is 3.23. The van der Waals surface area contributed by atoms with Crippen molar-refractivity contribution in [3.63, 3.8) is 0 Å². The smallest absolute Gasteiger partial charge is 0.408 e. The summed E-state index contributed by atoms with van der Waals surface area (Å²) in [6.07, 6.45) is 0.0377. The Morgan fingerprint density at radius 3 is 2.39 bits per heavy atom. The zero-order valence-electron chi connectivity index (χ0n) is 15.5. The standard InChI is InChI=1S/C21H22N2O4S/c1-26-20(24)18-14-28-19(22-18)17(12-15-8-4-2-5-9-15)23-21(25)27-13-16-10-6-3-7-11-16/h2-11,17-18H,12-14H2,1H3,(H,23,25)/t17-,18+/m1/s1. The van der Waals surface area contributed by atoms with Crippen LogP contribution in [-0.4, -0.2) is 42.1 Å². The fourth-order valence-electron chi connectivity index (χ4n) is 2.80. The number of hydrogen-bond donors (Lipinski definition) is 1. The lowest BCUT2D eigenvalue weighted by molar-refractivity contribution is -0.141. The number of methoxy groups -OCH3 is 1. The first-order valence-corrected chi connectivity index (χ1v) is 9.93. The van der Waals surface area contributed by atoms with Crippen molar-refractivity contribution in [2.75, 3.05) is 12.9 Å². The van der Waals surface area contributed by atoms with Gasteiger partial charge in [0.05, 0.1) is 18.2 Å². The van der Waals surface area contributed by atoms with Crippen LogP contribution in [0.4, 0.5) is 4.79 Å². The van der Waals surface area contributed by atoms with Crippen LogP contribution in [0.25, 0.3) is 0 Å². The van der Waals surface area contributed by atoms with Crippen LogP contribution >= 0.6 is 11.8 Å².